The minimum atomic E-state index is -0.490. The molecule has 0 heterocycles. The van der Waals surface area contributed by atoms with Gasteiger partial charge >= 0.3 is 0 Å². The van der Waals surface area contributed by atoms with Crippen LogP contribution >= 0.6 is 11.6 Å². The van der Waals surface area contributed by atoms with Crippen LogP contribution in [0.15, 0.2) is 18.2 Å². The van der Waals surface area contributed by atoms with E-state index in [2.05, 4.69) is 5.32 Å². The molecule has 0 saturated carbocycles. The molecule has 0 fully saturated rings. The average Bonchev–Trinajstić information content (AvgIpc) is 2.32. The molecule has 1 amide bonds. The third-order valence-electron chi connectivity index (χ3n) is 2.50. The number of hydrogen-bond acceptors (Lipinski definition) is 3. The molecular formula is C14H21ClN2O2. The Labute approximate surface area is 119 Å². The molecule has 1 aromatic carbocycles. The maximum atomic E-state index is 11.8. The van der Waals surface area contributed by atoms with Crippen LogP contribution in [0.1, 0.15) is 33.6 Å². The van der Waals surface area contributed by atoms with Crippen molar-refractivity contribution in [1.29, 1.82) is 0 Å². The number of benzene rings is 1. The number of amides is 1. The van der Waals surface area contributed by atoms with Crippen molar-refractivity contribution in [3.05, 3.63) is 23.2 Å². The summed E-state index contributed by atoms with van der Waals surface area (Å²) in [6.45, 7) is 5.84. The summed E-state index contributed by atoms with van der Waals surface area (Å²) >= 11 is 6.09. The van der Waals surface area contributed by atoms with Gasteiger partial charge in [-0.1, -0.05) is 24.9 Å². The molecule has 19 heavy (non-hydrogen) atoms. The van der Waals surface area contributed by atoms with E-state index in [4.69, 9.17) is 22.1 Å². The van der Waals surface area contributed by atoms with Crippen molar-refractivity contribution in [3.8, 4) is 5.75 Å². The van der Waals surface area contributed by atoms with Crippen LogP contribution in [0.2, 0.25) is 5.02 Å². The van der Waals surface area contributed by atoms with Crippen molar-refractivity contribution in [2.45, 2.75) is 45.8 Å². The van der Waals surface area contributed by atoms with Gasteiger partial charge in [-0.2, -0.15) is 0 Å². The van der Waals surface area contributed by atoms with Gasteiger partial charge in [0.05, 0.1) is 17.2 Å². The first-order valence-corrected chi connectivity index (χ1v) is 6.84. The van der Waals surface area contributed by atoms with Crippen LogP contribution in [-0.4, -0.2) is 18.1 Å². The first-order valence-electron chi connectivity index (χ1n) is 6.46. The van der Waals surface area contributed by atoms with E-state index in [9.17, 15) is 4.79 Å². The van der Waals surface area contributed by atoms with Crippen LogP contribution in [0.25, 0.3) is 0 Å². The Morgan fingerprint density at radius 3 is 2.68 bits per heavy atom. The van der Waals surface area contributed by atoms with E-state index in [1.54, 1.807) is 18.2 Å². The fourth-order valence-electron chi connectivity index (χ4n) is 1.61. The monoisotopic (exact) mass is 284 g/mol. The topological polar surface area (TPSA) is 64.4 Å². The lowest BCUT2D eigenvalue weighted by atomic mass is 10.1. The number of hydrogen-bond donors (Lipinski definition) is 2. The molecule has 0 spiro atoms. The second-order valence-corrected chi connectivity index (χ2v) is 5.10. The summed E-state index contributed by atoms with van der Waals surface area (Å²) in [5, 5.41) is 3.21. The van der Waals surface area contributed by atoms with E-state index in [1.165, 1.54) is 0 Å². The zero-order chi connectivity index (χ0) is 14.4. The summed E-state index contributed by atoms with van der Waals surface area (Å²) in [6, 6.07) is 4.66. The van der Waals surface area contributed by atoms with Crippen molar-refractivity contribution >= 4 is 23.2 Å². The van der Waals surface area contributed by atoms with Crippen molar-refractivity contribution in [2.75, 3.05) is 5.32 Å². The molecule has 1 atom stereocenters. The fraction of sp³-hybridized carbons (Fsp3) is 0.500. The molecule has 0 saturated heterocycles. The number of ether oxygens (including phenoxy) is 1. The van der Waals surface area contributed by atoms with E-state index in [0.29, 0.717) is 22.9 Å². The molecule has 4 nitrogen and oxygen atoms in total. The fourth-order valence-corrected chi connectivity index (χ4v) is 1.83. The van der Waals surface area contributed by atoms with Gasteiger partial charge in [0.25, 0.3) is 0 Å². The summed E-state index contributed by atoms with van der Waals surface area (Å²) in [4.78, 5) is 11.8. The highest BCUT2D eigenvalue weighted by atomic mass is 35.5. The minimum absolute atomic E-state index is 0.0518. The summed E-state index contributed by atoms with van der Waals surface area (Å²) in [5.41, 5.74) is 6.36. The Kier molecular flexibility index (Phi) is 6.12. The number of nitrogens with one attached hydrogen (secondary N) is 1. The van der Waals surface area contributed by atoms with Gasteiger partial charge in [0, 0.05) is 5.69 Å². The molecular weight excluding hydrogens is 264 g/mol. The summed E-state index contributed by atoms with van der Waals surface area (Å²) in [5.74, 6) is 0.406. The average molecular weight is 285 g/mol. The number of nitrogens with two attached hydrogens (primary N) is 1. The highest BCUT2D eigenvalue weighted by Gasteiger charge is 2.13. The number of halogens is 1. The minimum Gasteiger partial charge on any atom is -0.489 e. The maximum Gasteiger partial charge on any atom is 0.241 e. The molecule has 0 unspecified atom stereocenters. The molecule has 0 bridgehead atoms. The van der Waals surface area contributed by atoms with E-state index in [0.717, 1.165) is 6.42 Å². The third-order valence-corrected chi connectivity index (χ3v) is 2.79. The first-order chi connectivity index (χ1) is 8.93. The quantitative estimate of drug-likeness (QED) is 0.843. The van der Waals surface area contributed by atoms with Crippen molar-refractivity contribution in [3.63, 3.8) is 0 Å². The normalized spacial score (nSPS) is 12.3. The third kappa shape index (κ3) is 5.09. The number of carbonyl (C=O) groups is 1. The highest BCUT2D eigenvalue weighted by molar-refractivity contribution is 6.32. The molecule has 0 aliphatic heterocycles. The molecule has 0 aliphatic carbocycles. The zero-order valence-corrected chi connectivity index (χ0v) is 12.3. The molecule has 0 aromatic heterocycles. The zero-order valence-electron chi connectivity index (χ0n) is 11.6. The smallest absolute Gasteiger partial charge is 0.241 e. The SMILES string of the molecule is CCC[C@@H](N)C(=O)Nc1ccc(OC(C)C)c(Cl)c1. The van der Waals surface area contributed by atoms with E-state index in [-0.39, 0.29) is 12.0 Å². The lowest BCUT2D eigenvalue weighted by Gasteiger charge is -2.14. The summed E-state index contributed by atoms with van der Waals surface area (Å²) in [7, 11) is 0. The Morgan fingerprint density at radius 2 is 2.16 bits per heavy atom. The number of anilines is 1. The standard InChI is InChI=1S/C14H21ClN2O2/c1-4-5-12(16)14(18)17-10-6-7-13(11(15)8-10)19-9(2)3/h6-9,12H,4-5,16H2,1-3H3,(H,17,18)/t12-/m1/s1. The van der Waals surface area contributed by atoms with Gasteiger partial charge in [-0.25, -0.2) is 0 Å². The van der Waals surface area contributed by atoms with Gasteiger partial charge in [-0.3, -0.25) is 4.79 Å². The lowest BCUT2D eigenvalue weighted by Crippen LogP contribution is -2.35. The van der Waals surface area contributed by atoms with Crippen LogP contribution in [0.5, 0.6) is 5.75 Å². The first kappa shape index (κ1) is 15.8. The second kappa shape index (κ2) is 7.36. The Morgan fingerprint density at radius 1 is 1.47 bits per heavy atom. The number of rotatable bonds is 6. The molecule has 0 aliphatic rings. The van der Waals surface area contributed by atoms with Crippen LogP contribution < -0.4 is 15.8 Å². The van der Waals surface area contributed by atoms with Gasteiger partial charge in [0.1, 0.15) is 5.75 Å². The molecule has 106 valence electrons. The van der Waals surface area contributed by atoms with Crippen LogP contribution in [-0.2, 0) is 4.79 Å². The largest absolute Gasteiger partial charge is 0.489 e. The van der Waals surface area contributed by atoms with E-state index >= 15 is 0 Å². The van der Waals surface area contributed by atoms with Crippen LogP contribution in [0, 0.1) is 0 Å². The summed E-state index contributed by atoms with van der Waals surface area (Å²) in [6.07, 6.45) is 1.58. The molecule has 1 aromatic rings. The molecule has 0 radical (unpaired) electrons. The number of carbonyl (C=O) groups excluding carboxylic acids is 1. The Balaban J connectivity index is 2.70. The van der Waals surface area contributed by atoms with Crippen LogP contribution in [0.4, 0.5) is 5.69 Å². The van der Waals surface area contributed by atoms with E-state index < -0.39 is 6.04 Å². The van der Waals surface area contributed by atoms with Gasteiger partial charge in [0.2, 0.25) is 5.91 Å². The van der Waals surface area contributed by atoms with Crippen molar-refractivity contribution < 1.29 is 9.53 Å². The predicted octanol–water partition coefficient (Wildman–Crippen LogP) is 3.19. The van der Waals surface area contributed by atoms with Gasteiger partial charge < -0.3 is 15.8 Å². The molecule has 3 N–H and O–H groups in total. The van der Waals surface area contributed by atoms with Gasteiger partial charge in [-0.15, -0.1) is 0 Å². The van der Waals surface area contributed by atoms with Gasteiger partial charge in [-0.05, 0) is 38.5 Å². The second-order valence-electron chi connectivity index (χ2n) is 4.70. The van der Waals surface area contributed by atoms with E-state index in [1.807, 2.05) is 20.8 Å². The molecule has 5 heteroatoms. The molecule has 1 rings (SSSR count). The Bertz CT molecular complexity index is 435. The highest BCUT2D eigenvalue weighted by Crippen LogP contribution is 2.28. The van der Waals surface area contributed by atoms with Gasteiger partial charge in [0.15, 0.2) is 0 Å². The van der Waals surface area contributed by atoms with Crippen molar-refractivity contribution in [2.24, 2.45) is 5.73 Å². The maximum absolute atomic E-state index is 11.8. The lowest BCUT2D eigenvalue weighted by molar-refractivity contribution is -0.117. The van der Waals surface area contributed by atoms with Crippen LogP contribution in [0.3, 0.4) is 0 Å². The van der Waals surface area contributed by atoms with Crippen molar-refractivity contribution in [1.82, 2.24) is 0 Å². The predicted molar refractivity (Wildman–Crippen MR) is 78.7 cm³/mol. The Hall–Kier alpha value is -1.26. The summed E-state index contributed by atoms with van der Waals surface area (Å²) < 4.78 is 5.52.